The first-order valence-corrected chi connectivity index (χ1v) is 13.1. The van der Waals surface area contributed by atoms with Gasteiger partial charge in [-0.25, -0.2) is 0 Å². The minimum atomic E-state index is -2.33. The van der Waals surface area contributed by atoms with Gasteiger partial charge in [-0.1, -0.05) is 0 Å². The smallest absolute Gasteiger partial charge is 0.255 e. The van der Waals surface area contributed by atoms with Crippen molar-refractivity contribution in [1.82, 2.24) is 10.6 Å². The number of carbonyl (C=O) groups is 4. The number of hydrogen-bond donors (Lipinski definition) is 7. The SMILES string of the molecule is CN(C)c1cc(CNC(=O)C2CCCN2)c(O)c2c1C[C@@H](C[C@H]1CC(O)=C(C(N)=O)C(=O)[C@@]1(O)CO)CC2=O. The van der Waals surface area contributed by atoms with Crippen LogP contribution >= 0.6 is 0 Å². The molecule has 12 heteroatoms. The van der Waals surface area contributed by atoms with Crippen LogP contribution in [0.1, 0.15) is 53.6 Å². The predicted octanol–water partition coefficient (Wildman–Crippen LogP) is -0.429. The van der Waals surface area contributed by atoms with E-state index in [0.717, 1.165) is 19.4 Å². The minimum absolute atomic E-state index is 0.00537. The molecular formula is C27H36N4O8. The standard InChI is InChI=1S/C27H36N4O8/c1-31(2)18-9-14(11-30-26(38)17-4-3-5-29-17)23(35)21-16(18)7-13(8-19(21)33)6-15-10-20(34)22(25(28)37)24(36)27(15,39)12-32/h9,13,15,17,29,32,34-35,39H,3-8,10-12H2,1-2H3,(H2,28,37)(H,30,38)/t13-,15+,17?,27-/m1/s1. The van der Waals surface area contributed by atoms with Crippen LogP contribution < -0.4 is 21.3 Å². The number of nitrogens with zero attached hydrogens (tertiary/aromatic N) is 1. The zero-order chi connectivity index (χ0) is 28.6. The number of nitrogens with one attached hydrogen (secondary N) is 2. The molecule has 1 aromatic carbocycles. The number of Topliss-reactive ketones (excluding diaryl/α,β-unsaturated/α-hetero) is 2. The Balaban J connectivity index is 1.60. The lowest BCUT2D eigenvalue weighted by atomic mass is 9.68. The topological polar surface area (TPSA) is 203 Å². The van der Waals surface area contributed by atoms with Crippen LogP contribution in [0.15, 0.2) is 17.4 Å². The van der Waals surface area contributed by atoms with Crippen LogP contribution in [0, 0.1) is 11.8 Å². The van der Waals surface area contributed by atoms with Crippen molar-refractivity contribution in [2.75, 3.05) is 32.1 Å². The summed E-state index contributed by atoms with van der Waals surface area (Å²) in [5.74, 6) is -4.93. The Morgan fingerprint density at radius 2 is 1.92 bits per heavy atom. The number of aliphatic hydroxyl groups is 3. The van der Waals surface area contributed by atoms with Crippen LogP contribution in [-0.4, -0.2) is 82.7 Å². The normalized spacial score (nSPS) is 26.9. The third-order valence-corrected chi connectivity index (χ3v) is 8.15. The molecule has 1 unspecified atom stereocenters. The number of phenols is 1. The number of aromatic hydroxyl groups is 1. The summed E-state index contributed by atoms with van der Waals surface area (Å²) in [4.78, 5) is 52.1. The van der Waals surface area contributed by atoms with Crippen molar-refractivity contribution >= 4 is 29.1 Å². The van der Waals surface area contributed by atoms with Crippen LogP contribution in [0.4, 0.5) is 5.69 Å². The maximum Gasteiger partial charge on any atom is 0.255 e. The number of anilines is 1. The highest BCUT2D eigenvalue weighted by molar-refractivity contribution is 6.22. The predicted molar refractivity (Wildman–Crippen MR) is 140 cm³/mol. The van der Waals surface area contributed by atoms with Crippen molar-refractivity contribution in [1.29, 1.82) is 0 Å². The molecule has 1 saturated heterocycles. The molecule has 2 aliphatic carbocycles. The molecule has 0 saturated carbocycles. The monoisotopic (exact) mass is 544 g/mol. The van der Waals surface area contributed by atoms with E-state index in [9.17, 15) is 39.6 Å². The van der Waals surface area contributed by atoms with Crippen molar-refractivity contribution in [3.8, 4) is 5.75 Å². The van der Waals surface area contributed by atoms with Crippen LogP contribution in [0.3, 0.4) is 0 Å². The molecule has 12 nitrogen and oxygen atoms in total. The van der Waals surface area contributed by atoms with E-state index in [2.05, 4.69) is 10.6 Å². The van der Waals surface area contributed by atoms with Crippen LogP contribution in [-0.2, 0) is 27.3 Å². The molecule has 0 radical (unpaired) electrons. The van der Waals surface area contributed by atoms with Gasteiger partial charge < -0.3 is 41.7 Å². The van der Waals surface area contributed by atoms with Crippen molar-refractivity contribution in [2.24, 2.45) is 17.6 Å². The molecular weight excluding hydrogens is 508 g/mol. The molecule has 1 fully saturated rings. The minimum Gasteiger partial charge on any atom is -0.511 e. The first kappa shape index (κ1) is 28.5. The van der Waals surface area contributed by atoms with Crippen LogP contribution in [0.2, 0.25) is 0 Å². The summed E-state index contributed by atoms with van der Waals surface area (Å²) < 4.78 is 0. The lowest BCUT2D eigenvalue weighted by Gasteiger charge is -2.39. The molecule has 2 amide bonds. The van der Waals surface area contributed by atoms with Crippen molar-refractivity contribution in [2.45, 2.75) is 56.7 Å². The number of allylic oxidation sites excluding steroid dienone is 1. The number of rotatable bonds is 8. The number of nitrogens with two attached hydrogens (primary N) is 1. The van der Waals surface area contributed by atoms with E-state index in [1.807, 2.05) is 0 Å². The first-order valence-electron chi connectivity index (χ1n) is 13.1. The van der Waals surface area contributed by atoms with Gasteiger partial charge in [0, 0.05) is 50.7 Å². The fourth-order valence-corrected chi connectivity index (χ4v) is 6.07. The van der Waals surface area contributed by atoms with E-state index in [-0.39, 0.29) is 60.8 Å². The van der Waals surface area contributed by atoms with Crippen LogP contribution in [0.5, 0.6) is 5.75 Å². The summed E-state index contributed by atoms with van der Waals surface area (Å²) in [5.41, 5.74) is 4.01. The Labute approximate surface area is 225 Å². The summed E-state index contributed by atoms with van der Waals surface area (Å²) in [6, 6.07) is 1.45. The fraction of sp³-hybridized carbons (Fsp3) is 0.556. The van der Waals surface area contributed by atoms with Crippen molar-refractivity contribution < 1.29 is 39.6 Å². The van der Waals surface area contributed by atoms with E-state index < -0.39 is 41.1 Å². The highest BCUT2D eigenvalue weighted by Crippen LogP contribution is 2.44. The molecule has 0 aromatic heterocycles. The fourth-order valence-electron chi connectivity index (χ4n) is 6.07. The Bertz CT molecular complexity index is 1240. The van der Waals surface area contributed by atoms with E-state index in [4.69, 9.17) is 5.73 Å². The average molecular weight is 545 g/mol. The zero-order valence-electron chi connectivity index (χ0n) is 22.1. The third kappa shape index (κ3) is 5.23. The second-order valence-electron chi connectivity index (χ2n) is 10.9. The maximum absolute atomic E-state index is 13.4. The quantitative estimate of drug-likeness (QED) is 0.211. The number of benzene rings is 1. The van der Waals surface area contributed by atoms with Crippen LogP contribution in [0.25, 0.3) is 0 Å². The molecule has 0 spiro atoms. The largest absolute Gasteiger partial charge is 0.511 e. The Morgan fingerprint density at radius 1 is 1.21 bits per heavy atom. The summed E-state index contributed by atoms with van der Waals surface area (Å²) in [6.45, 7) is -0.155. The van der Waals surface area contributed by atoms with E-state index in [1.165, 1.54) is 0 Å². The van der Waals surface area contributed by atoms with E-state index in [1.54, 1.807) is 25.1 Å². The molecule has 212 valence electrons. The highest BCUT2D eigenvalue weighted by atomic mass is 16.3. The van der Waals surface area contributed by atoms with Gasteiger partial charge in [0.1, 0.15) is 17.1 Å². The van der Waals surface area contributed by atoms with Gasteiger partial charge in [-0.2, -0.15) is 0 Å². The third-order valence-electron chi connectivity index (χ3n) is 8.15. The number of amides is 2. The average Bonchev–Trinajstić information content (AvgIpc) is 3.41. The second kappa shape index (κ2) is 10.9. The van der Waals surface area contributed by atoms with Gasteiger partial charge in [0.15, 0.2) is 11.4 Å². The van der Waals surface area contributed by atoms with Crippen molar-refractivity contribution in [3.05, 3.63) is 34.1 Å². The first-order chi connectivity index (χ1) is 18.4. The Kier molecular flexibility index (Phi) is 8.01. The van der Waals surface area contributed by atoms with Gasteiger partial charge in [0.2, 0.25) is 11.7 Å². The lowest BCUT2D eigenvalue weighted by molar-refractivity contribution is -0.150. The van der Waals surface area contributed by atoms with Gasteiger partial charge in [-0.3, -0.25) is 19.2 Å². The number of aliphatic hydroxyl groups excluding tert-OH is 2. The van der Waals surface area contributed by atoms with Gasteiger partial charge in [-0.05, 0) is 49.8 Å². The van der Waals surface area contributed by atoms with Gasteiger partial charge in [-0.15, -0.1) is 0 Å². The summed E-state index contributed by atoms with van der Waals surface area (Å²) in [6.07, 6.45) is 1.79. The lowest BCUT2D eigenvalue weighted by Crippen LogP contribution is -2.55. The summed E-state index contributed by atoms with van der Waals surface area (Å²) in [5, 5.41) is 48.2. The molecule has 1 aromatic rings. The number of phenolic OH excluding ortho intramolecular Hbond substituents is 1. The summed E-state index contributed by atoms with van der Waals surface area (Å²) >= 11 is 0. The molecule has 0 bridgehead atoms. The molecule has 4 atom stereocenters. The van der Waals surface area contributed by atoms with Gasteiger partial charge >= 0.3 is 0 Å². The highest BCUT2D eigenvalue weighted by Gasteiger charge is 2.51. The van der Waals surface area contributed by atoms with E-state index in [0.29, 0.717) is 23.2 Å². The molecule has 1 aliphatic heterocycles. The number of ketones is 2. The number of hydrogen-bond acceptors (Lipinski definition) is 10. The molecule has 3 aliphatic rings. The number of carbonyl (C=O) groups excluding carboxylic acids is 4. The summed E-state index contributed by atoms with van der Waals surface area (Å²) in [7, 11) is 3.59. The van der Waals surface area contributed by atoms with Gasteiger partial charge in [0.25, 0.3) is 5.91 Å². The molecule has 8 N–H and O–H groups in total. The number of fused-ring (bicyclic) bond motifs is 1. The van der Waals surface area contributed by atoms with Crippen molar-refractivity contribution in [3.63, 3.8) is 0 Å². The molecule has 4 rings (SSSR count). The second-order valence-corrected chi connectivity index (χ2v) is 10.9. The maximum atomic E-state index is 13.4. The Morgan fingerprint density at radius 3 is 2.51 bits per heavy atom. The zero-order valence-corrected chi connectivity index (χ0v) is 22.1. The van der Waals surface area contributed by atoms with E-state index >= 15 is 0 Å². The van der Waals surface area contributed by atoms with Gasteiger partial charge in [0.05, 0.1) is 18.2 Å². The molecule has 39 heavy (non-hydrogen) atoms. The Hall–Kier alpha value is -3.48. The molecule has 1 heterocycles. The number of primary amides is 1.